The van der Waals surface area contributed by atoms with Gasteiger partial charge in [-0.2, -0.15) is 4.74 Å². The van der Waals surface area contributed by atoms with Crippen LogP contribution in [0.3, 0.4) is 0 Å². The second-order valence-electron chi connectivity index (χ2n) is 4.39. The fraction of sp³-hybridized carbons (Fsp3) is 0.333. The van der Waals surface area contributed by atoms with Crippen LogP contribution in [-0.4, -0.2) is 26.6 Å². The number of rotatable bonds is 1. The van der Waals surface area contributed by atoms with Gasteiger partial charge in [-0.25, -0.2) is 0 Å². The third kappa shape index (κ3) is 1.48. The maximum Gasteiger partial charge on any atom is 0.263 e. The highest BCUT2D eigenvalue weighted by molar-refractivity contribution is 9.10. The normalized spacial score (nSPS) is 23.9. The van der Waals surface area contributed by atoms with Gasteiger partial charge in [0.15, 0.2) is 5.54 Å². The second-order valence-corrected chi connectivity index (χ2v) is 5.31. The van der Waals surface area contributed by atoms with Crippen LogP contribution >= 0.6 is 15.9 Å². The van der Waals surface area contributed by atoms with Crippen molar-refractivity contribution in [1.82, 2.24) is 0 Å². The molecule has 3 nitrogen and oxygen atoms in total. The summed E-state index contributed by atoms with van der Waals surface area (Å²) in [6.45, 7) is 3.51. The first-order valence-electron chi connectivity index (χ1n) is 5.04. The van der Waals surface area contributed by atoms with E-state index in [1.165, 1.54) is 0 Å². The molecule has 1 aromatic carbocycles. The lowest BCUT2D eigenvalue weighted by molar-refractivity contribution is -0.528. The highest BCUT2D eigenvalue weighted by Crippen LogP contribution is 2.30. The lowest BCUT2D eigenvalue weighted by atomic mass is 10.00. The van der Waals surface area contributed by atoms with Crippen molar-refractivity contribution in [3.05, 3.63) is 41.1 Å². The summed E-state index contributed by atoms with van der Waals surface area (Å²) in [7, 11) is 0. The van der Waals surface area contributed by atoms with E-state index in [9.17, 15) is 10.0 Å². The lowest BCUT2D eigenvalue weighted by Crippen LogP contribution is -2.37. The van der Waals surface area contributed by atoms with E-state index in [4.69, 9.17) is 0 Å². The van der Waals surface area contributed by atoms with E-state index in [2.05, 4.69) is 15.9 Å². The first-order valence-corrected chi connectivity index (χ1v) is 5.96. The molecule has 0 bridgehead atoms. The molecule has 1 aliphatic heterocycles. The van der Waals surface area contributed by atoms with Gasteiger partial charge >= 0.3 is 0 Å². The molecule has 0 saturated heterocycles. The molecule has 84 valence electrons. The van der Waals surface area contributed by atoms with E-state index in [0.717, 1.165) is 4.74 Å². The van der Waals surface area contributed by atoms with Crippen LogP contribution in [0.2, 0.25) is 0 Å². The number of Topliss-reactive ketones (excluding diaryl/α,β-unsaturated/α-hetero) is 1. The van der Waals surface area contributed by atoms with Gasteiger partial charge in [-0.15, -0.1) is 0 Å². The van der Waals surface area contributed by atoms with E-state index in [1.807, 2.05) is 18.2 Å². The van der Waals surface area contributed by atoms with E-state index in [-0.39, 0.29) is 11.5 Å². The van der Waals surface area contributed by atoms with Crippen molar-refractivity contribution < 1.29 is 9.53 Å². The predicted molar refractivity (Wildman–Crippen MR) is 66.0 cm³/mol. The Kier molecular flexibility index (Phi) is 2.62. The minimum Gasteiger partial charge on any atom is -0.623 e. The van der Waals surface area contributed by atoms with Crippen molar-refractivity contribution in [3.8, 4) is 0 Å². The molecule has 1 unspecified atom stereocenters. The molecular formula is C12H12BrNO2. The van der Waals surface area contributed by atoms with Gasteiger partial charge in [0.25, 0.3) is 5.71 Å². The van der Waals surface area contributed by atoms with Gasteiger partial charge in [0, 0.05) is 13.8 Å². The highest BCUT2D eigenvalue weighted by Gasteiger charge is 2.52. The number of alkyl halides is 1. The van der Waals surface area contributed by atoms with Gasteiger partial charge < -0.3 is 5.21 Å². The summed E-state index contributed by atoms with van der Waals surface area (Å²) in [5, 5.41) is 12.1. The monoisotopic (exact) mass is 281 g/mol. The zero-order valence-electron chi connectivity index (χ0n) is 9.11. The molecule has 0 fully saturated rings. The number of carbonyl (C=O) groups excluding carboxylic acids is 1. The lowest BCUT2D eigenvalue weighted by Gasteiger charge is -2.20. The van der Waals surface area contributed by atoms with Gasteiger partial charge in [-0.3, -0.25) is 4.79 Å². The van der Waals surface area contributed by atoms with Crippen LogP contribution in [0.25, 0.3) is 0 Å². The Hall–Kier alpha value is -1.16. The molecule has 0 aromatic heterocycles. The van der Waals surface area contributed by atoms with Gasteiger partial charge in [-0.1, -0.05) is 34.1 Å². The number of nitrogens with zero attached hydrogens (tertiary/aromatic N) is 1. The minimum absolute atomic E-state index is 0.147. The Labute approximate surface area is 102 Å². The Morgan fingerprint density at radius 3 is 2.31 bits per heavy atom. The van der Waals surface area contributed by atoms with Crippen molar-refractivity contribution in [1.29, 1.82) is 0 Å². The molecule has 1 atom stereocenters. The average Bonchev–Trinajstić information content (AvgIpc) is 2.42. The predicted octanol–water partition coefficient (Wildman–Crippen LogP) is 2.11. The van der Waals surface area contributed by atoms with Crippen LogP contribution in [0.15, 0.2) is 30.3 Å². The van der Waals surface area contributed by atoms with Crippen molar-refractivity contribution in [3.63, 3.8) is 0 Å². The largest absolute Gasteiger partial charge is 0.623 e. The van der Waals surface area contributed by atoms with Crippen LogP contribution in [0, 0.1) is 5.21 Å². The van der Waals surface area contributed by atoms with Gasteiger partial charge in [-0.05, 0) is 12.1 Å². The highest BCUT2D eigenvalue weighted by atomic mass is 79.9. The zero-order chi connectivity index (χ0) is 11.9. The Balaban J connectivity index is 2.58. The fourth-order valence-electron chi connectivity index (χ4n) is 1.79. The molecule has 0 aliphatic carbocycles. The van der Waals surface area contributed by atoms with Crippen LogP contribution in [0.5, 0.6) is 0 Å². The van der Waals surface area contributed by atoms with Crippen LogP contribution in [0.4, 0.5) is 0 Å². The van der Waals surface area contributed by atoms with Crippen LogP contribution in [-0.2, 0) is 4.79 Å². The smallest absolute Gasteiger partial charge is 0.263 e. The molecule has 0 spiro atoms. The summed E-state index contributed by atoms with van der Waals surface area (Å²) < 4.78 is 0.810. The first-order chi connectivity index (χ1) is 7.46. The summed E-state index contributed by atoms with van der Waals surface area (Å²) >= 11 is 3.29. The summed E-state index contributed by atoms with van der Waals surface area (Å²) in [6, 6.07) is 9.05. The topological polar surface area (TPSA) is 43.1 Å². The minimum atomic E-state index is -0.734. The molecule has 0 radical (unpaired) electrons. The number of hydrogen-bond donors (Lipinski definition) is 0. The molecular weight excluding hydrogens is 270 g/mol. The summed E-state index contributed by atoms with van der Waals surface area (Å²) in [4.78, 5) is 11.6. The number of halogens is 1. The van der Waals surface area contributed by atoms with E-state index >= 15 is 0 Å². The Morgan fingerprint density at radius 2 is 1.88 bits per heavy atom. The van der Waals surface area contributed by atoms with E-state index < -0.39 is 10.4 Å². The van der Waals surface area contributed by atoms with Gasteiger partial charge in [0.1, 0.15) is 4.83 Å². The Morgan fingerprint density at radius 1 is 1.31 bits per heavy atom. The number of hydrogen-bond acceptors (Lipinski definition) is 2. The standard InChI is InChI=1S/C12H12BrNO2/c1-12(2)11(13)10(15)9(14(12)16)8-6-4-3-5-7-8/h3-7,11H,1-2H3. The first kappa shape index (κ1) is 11.3. The maximum absolute atomic E-state index is 12.1. The molecule has 0 N–H and O–H groups in total. The molecule has 2 rings (SSSR count). The van der Waals surface area contributed by atoms with Crippen molar-refractivity contribution in [2.45, 2.75) is 24.2 Å². The molecule has 1 heterocycles. The van der Waals surface area contributed by atoms with Crippen LogP contribution < -0.4 is 0 Å². The van der Waals surface area contributed by atoms with Crippen molar-refractivity contribution >= 4 is 27.4 Å². The SMILES string of the molecule is CC1(C)C(Br)C(=O)C(c2ccccc2)=[N+]1[O-]. The number of benzene rings is 1. The van der Waals surface area contributed by atoms with E-state index in [0.29, 0.717) is 5.56 Å². The average molecular weight is 282 g/mol. The fourth-order valence-corrected chi connectivity index (χ4v) is 2.19. The quantitative estimate of drug-likeness (QED) is 0.450. The zero-order valence-corrected chi connectivity index (χ0v) is 10.7. The Bertz CT molecular complexity index is 465. The third-order valence-electron chi connectivity index (χ3n) is 2.86. The van der Waals surface area contributed by atoms with Crippen LogP contribution in [0.1, 0.15) is 19.4 Å². The van der Waals surface area contributed by atoms with Gasteiger partial charge in [0.05, 0.1) is 5.56 Å². The molecule has 1 aromatic rings. The second kappa shape index (κ2) is 3.70. The molecule has 0 amide bonds. The molecule has 1 aliphatic rings. The summed E-state index contributed by atoms with van der Waals surface area (Å²) in [5.74, 6) is -0.147. The maximum atomic E-state index is 12.1. The van der Waals surface area contributed by atoms with E-state index in [1.54, 1.807) is 26.0 Å². The van der Waals surface area contributed by atoms with Crippen molar-refractivity contribution in [2.24, 2.45) is 0 Å². The molecule has 0 saturated carbocycles. The number of ketones is 1. The third-order valence-corrected chi connectivity index (χ3v) is 4.39. The molecule has 16 heavy (non-hydrogen) atoms. The summed E-state index contributed by atoms with van der Waals surface area (Å²) in [5.41, 5.74) is 0.187. The van der Waals surface area contributed by atoms with Gasteiger partial charge in [0.2, 0.25) is 5.78 Å². The number of carbonyl (C=O) groups is 1. The molecule has 4 heteroatoms. The van der Waals surface area contributed by atoms with Crippen molar-refractivity contribution in [2.75, 3.05) is 0 Å². The number of hydroxylamine groups is 1. The summed E-state index contributed by atoms with van der Waals surface area (Å²) in [6.07, 6.45) is 0.